The fraction of sp³-hybridized carbons (Fsp3) is 0.696. The number of esters is 1. The molecule has 1 aliphatic rings. The number of hydrogen-bond donors (Lipinski definition) is 0. The van der Waals surface area contributed by atoms with E-state index >= 15 is 0 Å². The van der Waals surface area contributed by atoms with Crippen LogP contribution in [0.15, 0.2) is 30.3 Å². The van der Waals surface area contributed by atoms with E-state index in [-0.39, 0.29) is 5.97 Å². The molecule has 1 saturated heterocycles. The Labute approximate surface area is 159 Å². The van der Waals surface area contributed by atoms with Crippen LogP contribution >= 0.6 is 0 Å². The Hall–Kier alpha value is -1.35. The summed E-state index contributed by atoms with van der Waals surface area (Å²) in [6, 6.07) is 10.3. The molecule has 1 aliphatic heterocycles. The quantitative estimate of drug-likeness (QED) is 0.327. The highest BCUT2D eigenvalue weighted by molar-refractivity contribution is 5.69. The van der Waals surface area contributed by atoms with Crippen LogP contribution in [0.3, 0.4) is 0 Å². The third kappa shape index (κ3) is 9.96. The van der Waals surface area contributed by atoms with Gasteiger partial charge in [-0.05, 0) is 50.5 Å². The average molecular weight is 361 g/mol. The van der Waals surface area contributed by atoms with E-state index in [1.54, 1.807) is 0 Å². The molecule has 3 nitrogen and oxygen atoms in total. The molecule has 1 aromatic rings. The lowest BCUT2D eigenvalue weighted by Crippen LogP contribution is -2.18. The van der Waals surface area contributed by atoms with Gasteiger partial charge in [0, 0.05) is 13.0 Å². The van der Waals surface area contributed by atoms with Crippen molar-refractivity contribution in [3.05, 3.63) is 35.9 Å². The van der Waals surface area contributed by atoms with Gasteiger partial charge in [-0.1, -0.05) is 62.4 Å². The summed E-state index contributed by atoms with van der Waals surface area (Å²) in [6.07, 6.45) is 15.3. The van der Waals surface area contributed by atoms with Gasteiger partial charge in [-0.2, -0.15) is 0 Å². The molecule has 0 N–H and O–H groups in total. The van der Waals surface area contributed by atoms with Crippen molar-refractivity contribution >= 4 is 5.97 Å². The lowest BCUT2D eigenvalue weighted by Gasteiger charge is -2.22. The molecule has 26 heavy (non-hydrogen) atoms. The first-order chi connectivity index (χ1) is 12.8. The molecule has 0 aromatic heterocycles. The molecule has 0 amide bonds. The second-order valence-corrected chi connectivity index (χ2v) is 7.46. The first-order valence-electron chi connectivity index (χ1n) is 10.7. The Morgan fingerprint density at radius 1 is 0.962 bits per heavy atom. The lowest BCUT2D eigenvalue weighted by atomic mass is 10.0. The minimum absolute atomic E-state index is 0.0478. The standard InChI is InChI=1S/C23H36O3/c24-23(18-12-15-21-13-6-5-7-14-21)26-20-10-4-2-1-3-8-16-22-17-9-11-19-25-22/h5-7,13-14,22H,1-4,8-12,15-20H2. The van der Waals surface area contributed by atoms with Crippen molar-refractivity contribution in [3.8, 4) is 0 Å². The Morgan fingerprint density at radius 2 is 1.73 bits per heavy atom. The predicted octanol–water partition coefficient (Wildman–Crippen LogP) is 5.85. The SMILES string of the molecule is O=C(CCCc1ccccc1)OCCCCCCCCC1CCCCO1. The second kappa shape index (κ2) is 13.8. The average Bonchev–Trinajstić information content (AvgIpc) is 2.68. The zero-order valence-electron chi connectivity index (χ0n) is 16.3. The van der Waals surface area contributed by atoms with E-state index in [9.17, 15) is 4.79 Å². The van der Waals surface area contributed by atoms with Crippen molar-refractivity contribution in [2.75, 3.05) is 13.2 Å². The first-order valence-corrected chi connectivity index (χ1v) is 10.7. The lowest BCUT2D eigenvalue weighted by molar-refractivity contribution is -0.143. The van der Waals surface area contributed by atoms with Crippen LogP contribution in [0.25, 0.3) is 0 Å². The molecular weight excluding hydrogens is 324 g/mol. The van der Waals surface area contributed by atoms with Crippen molar-refractivity contribution in [2.24, 2.45) is 0 Å². The molecule has 1 fully saturated rings. The summed E-state index contributed by atoms with van der Waals surface area (Å²) in [4.78, 5) is 11.7. The number of rotatable bonds is 13. The molecule has 1 unspecified atom stereocenters. The van der Waals surface area contributed by atoms with Gasteiger partial charge in [-0.3, -0.25) is 4.79 Å². The Balaban J connectivity index is 1.33. The monoisotopic (exact) mass is 360 g/mol. The molecule has 0 spiro atoms. The minimum Gasteiger partial charge on any atom is -0.466 e. The summed E-state index contributed by atoms with van der Waals surface area (Å²) in [6.45, 7) is 1.55. The highest BCUT2D eigenvalue weighted by atomic mass is 16.5. The van der Waals surface area contributed by atoms with E-state index in [0.717, 1.165) is 32.3 Å². The third-order valence-corrected chi connectivity index (χ3v) is 5.15. The van der Waals surface area contributed by atoms with Crippen LogP contribution in [0.1, 0.15) is 82.6 Å². The molecule has 146 valence electrons. The van der Waals surface area contributed by atoms with E-state index < -0.39 is 0 Å². The van der Waals surface area contributed by atoms with E-state index in [0.29, 0.717) is 19.1 Å². The van der Waals surface area contributed by atoms with Crippen LogP contribution in [0.4, 0.5) is 0 Å². The molecule has 0 saturated carbocycles. The highest BCUT2D eigenvalue weighted by Gasteiger charge is 2.12. The van der Waals surface area contributed by atoms with Gasteiger partial charge < -0.3 is 9.47 Å². The van der Waals surface area contributed by atoms with Gasteiger partial charge in [0.05, 0.1) is 12.7 Å². The van der Waals surface area contributed by atoms with Crippen LogP contribution < -0.4 is 0 Å². The molecule has 2 rings (SSSR count). The highest BCUT2D eigenvalue weighted by Crippen LogP contribution is 2.18. The molecular formula is C23H36O3. The molecule has 1 aromatic carbocycles. The number of hydrogen-bond acceptors (Lipinski definition) is 3. The Morgan fingerprint density at radius 3 is 2.50 bits per heavy atom. The zero-order valence-corrected chi connectivity index (χ0v) is 16.3. The van der Waals surface area contributed by atoms with E-state index in [1.165, 1.54) is 56.9 Å². The van der Waals surface area contributed by atoms with Crippen LogP contribution in [-0.4, -0.2) is 25.3 Å². The van der Waals surface area contributed by atoms with Crippen LogP contribution in [0, 0.1) is 0 Å². The van der Waals surface area contributed by atoms with Crippen molar-refractivity contribution in [3.63, 3.8) is 0 Å². The van der Waals surface area contributed by atoms with Crippen molar-refractivity contribution in [1.82, 2.24) is 0 Å². The van der Waals surface area contributed by atoms with Gasteiger partial charge >= 0.3 is 5.97 Å². The van der Waals surface area contributed by atoms with Gasteiger partial charge in [-0.15, -0.1) is 0 Å². The molecule has 0 bridgehead atoms. The Kier molecular flexibility index (Phi) is 11.1. The number of carbonyl (C=O) groups excluding carboxylic acids is 1. The topological polar surface area (TPSA) is 35.5 Å². The minimum atomic E-state index is -0.0478. The van der Waals surface area contributed by atoms with Gasteiger partial charge in [0.2, 0.25) is 0 Å². The molecule has 1 heterocycles. The smallest absolute Gasteiger partial charge is 0.305 e. The van der Waals surface area contributed by atoms with Crippen molar-refractivity contribution in [2.45, 2.75) is 89.6 Å². The number of ether oxygens (including phenoxy) is 2. The van der Waals surface area contributed by atoms with Gasteiger partial charge in [0.25, 0.3) is 0 Å². The molecule has 1 atom stereocenters. The normalized spacial score (nSPS) is 17.2. The summed E-state index contributed by atoms with van der Waals surface area (Å²) in [7, 11) is 0. The number of unbranched alkanes of at least 4 members (excludes halogenated alkanes) is 5. The summed E-state index contributed by atoms with van der Waals surface area (Å²) >= 11 is 0. The van der Waals surface area contributed by atoms with Crippen molar-refractivity contribution in [1.29, 1.82) is 0 Å². The van der Waals surface area contributed by atoms with E-state index in [4.69, 9.17) is 9.47 Å². The largest absolute Gasteiger partial charge is 0.466 e. The maximum atomic E-state index is 11.7. The number of carbonyl (C=O) groups is 1. The first kappa shape index (κ1) is 21.0. The number of aryl methyl sites for hydroxylation is 1. The summed E-state index contributed by atoms with van der Waals surface area (Å²) in [5.74, 6) is -0.0478. The van der Waals surface area contributed by atoms with E-state index in [1.807, 2.05) is 18.2 Å². The van der Waals surface area contributed by atoms with Gasteiger partial charge in [-0.25, -0.2) is 0 Å². The zero-order chi connectivity index (χ0) is 18.3. The van der Waals surface area contributed by atoms with Gasteiger partial charge in [0.15, 0.2) is 0 Å². The third-order valence-electron chi connectivity index (χ3n) is 5.15. The molecule has 0 aliphatic carbocycles. The van der Waals surface area contributed by atoms with Gasteiger partial charge in [0.1, 0.15) is 0 Å². The van der Waals surface area contributed by atoms with Crippen LogP contribution in [-0.2, 0) is 20.7 Å². The maximum Gasteiger partial charge on any atom is 0.305 e. The van der Waals surface area contributed by atoms with Crippen LogP contribution in [0.2, 0.25) is 0 Å². The summed E-state index contributed by atoms with van der Waals surface area (Å²) in [5.41, 5.74) is 1.29. The fourth-order valence-corrected chi connectivity index (χ4v) is 3.56. The molecule has 0 radical (unpaired) electrons. The summed E-state index contributed by atoms with van der Waals surface area (Å²) < 4.78 is 11.1. The predicted molar refractivity (Wildman–Crippen MR) is 106 cm³/mol. The maximum absolute atomic E-state index is 11.7. The van der Waals surface area contributed by atoms with E-state index in [2.05, 4.69) is 12.1 Å². The van der Waals surface area contributed by atoms with Crippen LogP contribution in [0.5, 0.6) is 0 Å². The Bertz CT molecular complexity index is 466. The summed E-state index contributed by atoms with van der Waals surface area (Å²) in [5, 5.41) is 0. The molecule has 3 heteroatoms. The van der Waals surface area contributed by atoms with Crippen molar-refractivity contribution < 1.29 is 14.3 Å². The number of benzene rings is 1. The second-order valence-electron chi connectivity index (χ2n) is 7.46. The fourth-order valence-electron chi connectivity index (χ4n) is 3.56.